The maximum atomic E-state index is 9.25. The molecule has 0 saturated carbocycles. The van der Waals surface area contributed by atoms with Crippen LogP contribution in [0.2, 0.25) is 0 Å². The molecule has 0 aliphatic heterocycles. The lowest BCUT2D eigenvalue weighted by molar-refractivity contribution is 0.245. The highest BCUT2D eigenvalue weighted by atomic mass is 127. The van der Waals surface area contributed by atoms with Gasteiger partial charge in [-0.2, -0.15) is 5.10 Å². The van der Waals surface area contributed by atoms with Crippen LogP contribution in [0.1, 0.15) is 50.6 Å². The zero-order valence-electron chi connectivity index (χ0n) is 17.3. The molecular weight excluding hydrogens is 441 g/mol. The van der Waals surface area contributed by atoms with Crippen molar-refractivity contribution < 1.29 is 5.11 Å². The van der Waals surface area contributed by atoms with E-state index < -0.39 is 0 Å². The molecule has 0 aliphatic carbocycles. The molecule has 26 heavy (non-hydrogen) atoms. The Morgan fingerprint density at radius 1 is 1.27 bits per heavy atom. The quantitative estimate of drug-likeness (QED) is 0.274. The molecule has 1 aromatic rings. The molecule has 0 fully saturated rings. The molecule has 0 saturated heterocycles. The molecule has 0 bridgehead atoms. The van der Waals surface area contributed by atoms with Gasteiger partial charge >= 0.3 is 0 Å². The van der Waals surface area contributed by atoms with Gasteiger partial charge in [0.2, 0.25) is 0 Å². The van der Waals surface area contributed by atoms with E-state index in [1.165, 1.54) is 11.3 Å². The number of guanidine groups is 1. The molecule has 1 aromatic heterocycles. The van der Waals surface area contributed by atoms with E-state index in [0.29, 0.717) is 11.8 Å². The van der Waals surface area contributed by atoms with Gasteiger partial charge in [0.15, 0.2) is 5.96 Å². The van der Waals surface area contributed by atoms with Crippen LogP contribution in [-0.4, -0.2) is 47.1 Å². The Hall–Kier alpha value is -0.830. The van der Waals surface area contributed by atoms with E-state index in [9.17, 15) is 5.11 Å². The summed E-state index contributed by atoms with van der Waals surface area (Å²) in [6.07, 6.45) is 2.84. The van der Waals surface area contributed by atoms with Crippen molar-refractivity contribution in [2.45, 2.75) is 53.9 Å². The standard InChI is InChI=1S/C19H37N5O.HI/c1-7-20-19(22-13-17(9-11-25)12-14(2)3)21-10-8-18-15(4)23-24(6)16(18)5;/h14,17,25H,7-13H2,1-6H3,(H2,20,21,22);1H. The number of hydrogen-bond acceptors (Lipinski definition) is 3. The van der Waals surface area contributed by atoms with Crippen LogP contribution in [0.5, 0.6) is 0 Å². The third-order valence-electron chi connectivity index (χ3n) is 4.52. The third-order valence-corrected chi connectivity index (χ3v) is 4.52. The normalized spacial score (nSPS) is 12.8. The molecule has 0 spiro atoms. The van der Waals surface area contributed by atoms with Crippen LogP contribution in [0, 0.1) is 25.7 Å². The highest BCUT2D eigenvalue weighted by Crippen LogP contribution is 2.15. The fourth-order valence-electron chi connectivity index (χ4n) is 3.18. The first kappa shape index (κ1) is 25.2. The topological polar surface area (TPSA) is 74.5 Å². The Bertz CT molecular complexity index is 542. The lowest BCUT2D eigenvalue weighted by Crippen LogP contribution is -2.38. The van der Waals surface area contributed by atoms with Crippen molar-refractivity contribution in [3.63, 3.8) is 0 Å². The largest absolute Gasteiger partial charge is 0.396 e. The summed E-state index contributed by atoms with van der Waals surface area (Å²) in [5.74, 6) is 1.91. The molecule has 7 heteroatoms. The summed E-state index contributed by atoms with van der Waals surface area (Å²) in [5, 5.41) is 20.5. The number of aliphatic hydroxyl groups is 1. The fraction of sp³-hybridized carbons (Fsp3) is 0.789. The Morgan fingerprint density at radius 2 is 1.96 bits per heavy atom. The second kappa shape index (κ2) is 13.4. The van der Waals surface area contributed by atoms with Crippen LogP contribution >= 0.6 is 24.0 Å². The molecule has 0 amide bonds. The predicted octanol–water partition coefficient (Wildman–Crippen LogP) is 2.80. The Labute approximate surface area is 176 Å². The molecule has 6 nitrogen and oxygen atoms in total. The summed E-state index contributed by atoms with van der Waals surface area (Å²) in [6, 6.07) is 0. The summed E-state index contributed by atoms with van der Waals surface area (Å²) in [7, 11) is 1.99. The van der Waals surface area contributed by atoms with E-state index in [1.807, 2.05) is 11.7 Å². The summed E-state index contributed by atoms with van der Waals surface area (Å²) >= 11 is 0. The zero-order valence-corrected chi connectivity index (χ0v) is 19.6. The molecule has 0 radical (unpaired) electrons. The Morgan fingerprint density at radius 3 is 2.46 bits per heavy atom. The molecule has 1 rings (SSSR count). The maximum Gasteiger partial charge on any atom is 0.191 e. The van der Waals surface area contributed by atoms with Gasteiger partial charge in [-0.3, -0.25) is 9.67 Å². The van der Waals surface area contributed by atoms with E-state index in [2.05, 4.69) is 50.4 Å². The second-order valence-electron chi connectivity index (χ2n) is 7.18. The number of halogens is 1. The molecule has 1 heterocycles. The van der Waals surface area contributed by atoms with Crippen LogP contribution in [0.25, 0.3) is 0 Å². The average Bonchev–Trinajstić information content (AvgIpc) is 2.78. The van der Waals surface area contributed by atoms with Crippen molar-refractivity contribution in [2.75, 3.05) is 26.2 Å². The molecule has 0 aromatic carbocycles. The zero-order chi connectivity index (χ0) is 18.8. The SMILES string of the molecule is CCNC(=NCC(CCO)CC(C)C)NCCc1c(C)nn(C)c1C.I. The summed E-state index contributed by atoms with van der Waals surface area (Å²) < 4.78 is 1.94. The van der Waals surface area contributed by atoms with Crippen molar-refractivity contribution in [3.8, 4) is 0 Å². The Balaban J connectivity index is 0.00000625. The molecule has 1 unspecified atom stereocenters. The van der Waals surface area contributed by atoms with Crippen molar-refractivity contribution >= 4 is 29.9 Å². The van der Waals surface area contributed by atoms with Crippen LogP contribution < -0.4 is 10.6 Å². The second-order valence-corrected chi connectivity index (χ2v) is 7.18. The maximum absolute atomic E-state index is 9.25. The number of hydrogen-bond donors (Lipinski definition) is 3. The van der Waals surface area contributed by atoms with Crippen LogP contribution in [-0.2, 0) is 13.5 Å². The number of rotatable bonds is 10. The summed E-state index contributed by atoms with van der Waals surface area (Å²) in [5.41, 5.74) is 3.63. The molecule has 3 N–H and O–H groups in total. The summed E-state index contributed by atoms with van der Waals surface area (Å²) in [6.45, 7) is 13.3. The molecular formula is C19H38IN5O. The molecule has 152 valence electrons. The van der Waals surface area contributed by atoms with Gasteiger partial charge in [0, 0.05) is 39.0 Å². The van der Waals surface area contributed by atoms with E-state index in [4.69, 9.17) is 4.99 Å². The number of aliphatic imine (C=N–C) groups is 1. The minimum Gasteiger partial charge on any atom is -0.396 e. The van der Waals surface area contributed by atoms with Gasteiger partial charge in [0.05, 0.1) is 5.69 Å². The van der Waals surface area contributed by atoms with Crippen LogP contribution in [0.15, 0.2) is 4.99 Å². The predicted molar refractivity (Wildman–Crippen MR) is 120 cm³/mol. The van der Waals surface area contributed by atoms with E-state index in [-0.39, 0.29) is 30.6 Å². The minimum atomic E-state index is 0. The lowest BCUT2D eigenvalue weighted by Gasteiger charge is -2.17. The number of nitrogens with zero attached hydrogens (tertiary/aromatic N) is 3. The highest BCUT2D eigenvalue weighted by Gasteiger charge is 2.11. The van der Waals surface area contributed by atoms with Gasteiger partial charge in [-0.05, 0) is 57.4 Å². The molecule has 1 atom stereocenters. The van der Waals surface area contributed by atoms with Crippen molar-refractivity contribution in [2.24, 2.45) is 23.9 Å². The van der Waals surface area contributed by atoms with E-state index in [1.54, 1.807) is 0 Å². The number of aryl methyl sites for hydroxylation is 2. The first-order valence-corrected chi connectivity index (χ1v) is 9.51. The van der Waals surface area contributed by atoms with Gasteiger partial charge < -0.3 is 15.7 Å². The Kier molecular flexibility index (Phi) is 12.9. The number of aromatic nitrogens is 2. The van der Waals surface area contributed by atoms with Crippen molar-refractivity contribution in [1.82, 2.24) is 20.4 Å². The average molecular weight is 479 g/mol. The molecule has 0 aliphatic rings. The summed E-state index contributed by atoms with van der Waals surface area (Å²) in [4.78, 5) is 4.73. The van der Waals surface area contributed by atoms with Crippen LogP contribution in [0.3, 0.4) is 0 Å². The van der Waals surface area contributed by atoms with Gasteiger partial charge in [0.25, 0.3) is 0 Å². The van der Waals surface area contributed by atoms with Crippen LogP contribution in [0.4, 0.5) is 0 Å². The minimum absolute atomic E-state index is 0. The highest BCUT2D eigenvalue weighted by molar-refractivity contribution is 14.0. The first-order chi connectivity index (χ1) is 11.9. The first-order valence-electron chi connectivity index (χ1n) is 9.51. The fourth-order valence-corrected chi connectivity index (χ4v) is 3.18. The smallest absolute Gasteiger partial charge is 0.191 e. The van der Waals surface area contributed by atoms with Gasteiger partial charge in [-0.25, -0.2) is 0 Å². The lowest BCUT2D eigenvalue weighted by atomic mass is 9.94. The van der Waals surface area contributed by atoms with E-state index >= 15 is 0 Å². The van der Waals surface area contributed by atoms with E-state index in [0.717, 1.165) is 50.6 Å². The number of aliphatic hydroxyl groups excluding tert-OH is 1. The van der Waals surface area contributed by atoms with Gasteiger partial charge in [-0.15, -0.1) is 24.0 Å². The number of nitrogens with one attached hydrogen (secondary N) is 2. The third kappa shape index (κ3) is 8.70. The van der Waals surface area contributed by atoms with Gasteiger partial charge in [-0.1, -0.05) is 13.8 Å². The monoisotopic (exact) mass is 479 g/mol. The van der Waals surface area contributed by atoms with Crippen molar-refractivity contribution in [3.05, 3.63) is 17.0 Å². The van der Waals surface area contributed by atoms with Gasteiger partial charge in [0.1, 0.15) is 0 Å². The van der Waals surface area contributed by atoms with Crippen molar-refractivity contribution in [1.29, 1.82) is 0 Å².